The van der Waals surface area contributed by atoms with Crippen molar-refractivity contribution in [1.82, 2.24) is 15.6 Å². The van der Waals surface area contributed by atoms with Crippen molar-refractivity contribution in [3.63, 3.8) is 0 Å². The van der Waals surface area contributed by atoms with Crippen molar-refractivity contribution in [3.05, 3.63) is 84.2 Å². The van der Waals surface area contributed by atoms with Crippen molar-refractivity contribution in [3.8, 4) is 16.9 Å². The maximum absolute atomic E-state index is 12.1. The lowest BCUT2D eigenvalue weighted by molar-refractivity contribution is 0.237. The molecule has 132 valence electrons. The number of hydrogen-bond donors (Lipinski definition) is 3. The summed E-state index contributed by atoms with van der Waals surface area (Å²) in [6.45, 7) is 2.29. The first-order chi connectivity index (χ1) is 12.6. The summed E-state index contributed by atoms with van der Waals surface area (Å²) in [7, 11) is 0. The molecule has 2 amide bonds. The lowest BCUT2D eigenvalue weighted by atomic mass is 10.0. The highest BCUT2D eigenvalue weighted by molar-refractivity contribution is 5.74. The van der Waals surface area contributed by atoms with Crippen molar-refractivity contribution in [1.29, 1.82) is 0 Å². The van der Waals surface area contributed by atoms with Crippen LogP contribution in [0.15, 0.2) is 73.1 Å². The number of aromatic nitrogens is 1. The van der Waals surface area contributed by atoms with Crippen LogP contribution in [0.3, 0.4) is 0 Å². The Hall–Kier alpha value is -3.34. The number of hydrogen-bond acceptors (Lipinski definition) is 3. The second-order valence-corrected chi connectivity index (χ2v) is 6.08. The summed E-state index contributed by atoms with van der Waals surface area (Å²) in [6, 6.07) is 18.4. The number of phenolic OH excluding ortho intramolecular Hbond substituents is 1. The van der Waals surface area contributed by atoms with Crippen LogP contribution in [0.25, 0.3) is 11.1 Å². The van der Waals surface area contributed by atoms with Crippen LogP contribution in [0.5, 0.6) is 5.75 Å². The van der Waals surface area contributed by atoms with Gasteiger partial charge in [0.1, 0.15) is 5.75 Å². The first kappa shape index (κ1) is 17.5. The van der Waals surface area contributed by atoms with Crippen LogP contribution in [0.1, 0.15) is 24.1 Å². The van der Waals surface area contributed by atoms with Gasteiger partial charge in [-0.15, -0.1) is 0 Å². The zero-order valence-corrected chi connectivity index (χ0v) is 14.5. The minimum Gasteiger partial charge on any atom is -0.508 e. The minimum absolute atomic E-state index is 0.123. The molecule has 0 bridgehead atoms. The number of phenols is 1. The zero-order valence-electron chi connectivity index (χ0n) is 14.5. The smallest absolute Gasteiger partial charge is 0.315 e. The van der Waals surface area contributed by atoms with Crippen LogP contribution in [-0.4, -0.2) is 16.1 Å². The van der Waals surface area contributed by atoms with Gasteiger partial charge in [0.25, 0.3) is 0 Å². The molecule has 1 unspecified atom stereocenters. The topological polar surface area (TPSA) is 74.2 Å². The standard InChI is InChI=1S/C21H21N3O2/c1-15(24-21(26)23-13-16-4-2-6-20(25)12-16)17-7-9-18(10-8-17)19-5-3-11-22-14-19/h2-12,14-15,25H,13H2,1H3,(H2,23,24,26). The molecule has 26 heavy (non-hydrogen) atoms. The number of nitrogens with zero attached hydrogens (tertiary/aromatic N) is 1. The van der Waals surface area contributed by atoms with E-state index in [1.54, 1.807) is 24.4 Å². The molecule has 0 saturated heterocycles. The number of nitrogens with one attached hydrogen (secondary N) is 2. The molecule has 1 aromatic heterocycles. The largest absolute Gasteiger partial charge is 0.508 e. The van der Waals surface area contributed by atoms with Crippen LogP contribution in [0, 0.1) is 0 Å². The Balaban J connectivity index is 1.55. The fraction of sp³-hybridized carbons (Fsp3) is 0.143. The fourth-order valence-electron chi connectivity index (χ4n) is 2.68. The van der Waals surface area contributed by atoms with Gasteiger partial charge >= 0.3 is 6.03 Å². The number of benzene rings is 2. The van der Waals surface area contributed by atoms with E-state index >= 15 is 0 Å². The highest BCUT2D eigenvalue weighted by Crippen LogP contribution is 2.21. The molecule has 3 rings (SSSR count). The van der Waals surface area contributed by atoms with E-state index in [0.29, 0.717) is 6.54 Å². The molecule has 5 nitrogen and oxygen atoms in total. The molecule has 0 aliphatic heterocycles. The summed E-state index contributed by atoms with van der Waals surface area (Å²) >= 11 is 0. The maximum atomic E-state index is 12.1. The molecule has 0 spiro atoms. The van der Waals surface area contributed by atoms with Gasteiger partial charge in [-0.2, -0.15) is 0 Å². The monoisotopic (exact) mass is 347 g/mol. The Labute approximate surface area is 152 Å². The Morgan fingerprint density at radius 2 is 1.88 bits per heavy atom. The van der Waals surface area contributed by atoms with Crippen LogP contribution < -0.4 is 10.6 Å². The number of carbonyl (C=O) groups is 1. The quantitative estimate of drug-likeness (QED) is 0.653. The van der Waals surface area contributed by atoms with Crippen LogP contribution >= 0.6 is 0 Å². The van der Waals surface area contributed by atoms with Crippen molar-refractivity contribution in [2.75, 3.05) is 0 Å². The average Bonchev–Trinajstić information content (AvgIpc) is 2.67. The highest BCUT2D eigenvalue weighted by atomic mass is 16.3. The first-order valence-corrected chi connectivity index (χ1v) is 8.44. The second kappa shape index (κ2) is 8.16. The van der Waals surface area contributed by atoms with Crippen molar-refractivity contribution in [2.24, 2.45) is 0 Å². The van der Waals surface area contributed by atoms with Crippen molar-refractivity contribution in [2.45, 2.75) is 19.5 Å². The van der Waals surface area contributed by atoms with E-state index in [1.807, 2.05) is 55.6 Å². The van der Waals surface area contributed by atoms with Gasteiger partial charge in [0, 0.05) is 18.9 Å². The fourth-order valence-corrected chi connectivity index (χ4v) is 2.68. The number of rotatable bonds is 5. The Kier molecular flexibility index (Phi) is 5.49. The van der Waals surface area contributed by atoms with E-state index in [2.05, 4.69) is 15.6 Å². The normalized spacial score (nSPS) is 11.6. The number of amides is 2. The lowest BCUT2D eigenvalue weighted by Crippen LogP contribution is -2.36. The molecule has 0 aliphatic rings. The van der Waals surface area contributed by atoms with Crippen molar-refractivity contribution < 1.29 is 9.90 Å². The minimum atomic E-state index is -0.253. The molecule has 0 saturated carbocycles. The molecule has 2 aromatic carbocycles. The maximum Gasteiger partial charge on any atom is 0.315 e. The van der Waals surface area contributed by atoms with Gasteiger partial charge in [-0.05, 0) is 47.4 Å². The molecule has 0 aliphatic carbocycles. The summed E-state index contributed by atoms with van der Waals surface area (Å²) in [6.07, 6.45) is 3.57. The van der Waals surface area contributed by atoms with Gasteiger partial charge < -0.3 is 15.7 Å². The van der Waals surface area contributed by atoms with E-state index in [1.165, 1.54) is 0 Å². The first-order valence-electron chi connectivity index (χ1n) is 8.44. The molecule has 0 radical (unpaired) electrons. The van der Waals surface area contributed by atoms with Crippen molar-refractivity contribution >= 4 is 6.03 Å². The Morgan fingerprint density at radius 1 is 1.08 bits per heavy atom. The molecular formula is C21H21N3O2. The van der Waals surface area contributed by atoms with Gasteiger partial charge in [-0.1, -0.05) is 42.5 Å². The molecule has 0 fully saturated rings. The molecule has 1 heterocycles. The number of aromatic hydroxyl groups is 1. The summed E-state index contributed by atoms with van der Waals surface area (Å²) in [5.41, 5.74) is 4.00. The van der Waals surface area contributed by atoms with E-state index in [9.17, 15) is 9.90 Å². The van der Waals surface area contributed by atoms with E-state index in [0.717, 1.165) is 22.3 Å². The number of carbonyl (C=O) groups excluding carboxylic acids is 1. The highest BCUT2D eigenvalue weighted by Gasteiger charge is 2.09. The molecule has 5 heteroatoms. The third-order valence-electron chi connectivity index (χ3n) is 4.12. The van der Waals surface area contributed by atoms with Gasteiger partial charge in [-0.25, -0.2) is 4.79 Å². The molecule has 1 atom stereocenters. The third kappa shape index (κ3) is 4.60. The average molecular weight is 347 g/mol. The lowest BCUT2D eigenvalue weighted by Gasteiger charge is -2.16. The summed E-state index contributed by atoms with van der Waals surface area (Å²) in [5.74, 6) is 0.187. The predicted octanol–water partition coefficient (Wildman–Crippen LogP) is 4.01. The molecule has 3 N–H and O–H groups in total. The third-order valence-corrected chi connectivity index (χ3v) is 4.12. The Morgan fingerprint density at radius 3 is 2.58 bits per heavy atom. The summed E-state index contributed by atoms with van der Waals surface area (Å²) < 4.78 is 0. The SMILES string of the molecule is CC(NC(=O)NCc1cccc(O)c1)c1ccc(-c2cccnc2)cc1. The van der Waals surface area contributed by atoms with E-state index in [-0.39, 0.29) is 17.8 Å². The number of urea groups is 1. The summed E-state index contributed by atoms with van der Waals surface area (Å²) in [4.78, 5) is 16.2. The number of pyridine rings is 1. The Bertz CT molecular complexity index is 864. The molecule has 3 aromatic rings. The molecular weight excluding hydrogens is 326 g/mol. The predicted molar refractivity (Wildman–Crippen MR) is 102 cm³/mol. The van der Waals surface area contributed by atoms with E-state index in [4.69, 9.17) is 0 Å². The second-order valence-electron chi connectivity index (χ2n) is 6.08. The van der Waals surface area contributed by atoms with Gasteiger partial charge in [-0.3, -0.25) is 4.98 Å². The van der Waals surface area contributed by atoms with Crippen LogP contribution in [0.2, 0.25) is 0 Å². The van der Waals surface area contributed by atoms with Gasteiger partial charge in [0.2, 0.25) is 0 Å². The van der Waals surface area contributed by atoms with Crippen LogP contribution in [-0.2, 0) is 6.54 Å². The summed E-state index contributed by atoms with van der Waals surface area (Å²) in [5, 5.41) is 15.2. The zero-order chi connectivity index (χ0) is 18.4. The van der Waals surface area contributed by atoms with Gasteiger partial charge in [0.05, 0.1) is 6.04 Å². The van der Waals surface area contributed by atoms with Crippen LogP contribution in [0.4, 0.5) is 4.79 Å². The van der Waals surface area contributed by atoms with E-state index < -0.39 is 0 Å². The van der Waals surface area contributed by atoms with Gasteiger partial charge in [0.15, 0.2) is 0 Å².